The van der Waals surface area contributed by atoms with Crippen molar-refractivity contribution in [3.05, 3.63) is 102 Å². The van der Waals surface area contributed by atoms with Crippen LogP contribution in [0, 0.1) is 0 Å². The van der Waals surface area contributed by atoms with Crippen LogP contribution in [0.1, 0.15) is 33.6 Å². The first kappa shape index (κ1) is 28.5. The summed E-state index contributed by atoms with van der Waals surface area (Å²) in [4.78, 5) is 29.6. The highest BCUT2D eigenvalue weighted by Crippen LogP contribution is 2.33. The summed E-state index contributed by atoms with van der Waals surface area (Å²) < 4.78 is 39.9. The third-order valence-corrected chi connectivity index (χ3v) is 7.02. The Morgan fingerprint density at radius 3 is 2.48 bits per heavy atom. The Labute approximate surface area is 248 Å². The number of imidazole rings is 1. The fourth-order valence-electron chi connectivity index (χ4n) is 4.93. The van der Waals surface area contributed by atoms with E-state index in [4.69, 9.17) is 15.7 Å². The Hall–Kier alpha value is -5.66. The lowest BCUT2D eigenvalue weighted by Crippen LogP contribution is -2.17. The van der Waals surface area contributed by atoms with Gasteiger partial charge in [0.15, 0.2) is 17.3 Å². The average Bonchev–Trinajstić information content (AvgIpc) is 3.79. The summed E-state index contributed by atoms with van der Waals surface area (Å²) in [6.07, 6.45) is 3.39. The van der Waals surface area contributed by atoms with Gasteiger partial charge in [-0.3, -0.25) is 14.3 Å². The zero-order valence-corrected chi connectivity index (χ0v) is 23.3. The topological polar surface area (TPSA) is 142 Å². The van der Waals surface area contributed by atoms with Crippen molar-refractivity contribution in [1.29, 1.82) is 0 Å². The molecular formula is C30H25F3N10O. The number of carbonyl (C=O) groups is 1. The van der Waals surface area contributed by atoms with Gasteiger partial charge in [-0.2, -0.15) is 10.2 Å². The number of benzene rings is 1. The lowest BCUT2D eigenvalue weighted by atomic mass is 10.1. The van der Waals surface area contributed by atoms with E-state index in [0.29, 0.717) is 47.0 Å². The van der Waals surface area contributed by atoms with Crippen molar-refractivity contribution in [2.24, 2.45) is 0 Å². The van der Waals surface area contributed by atoms with E-state index in [1.807, 2.05) is 47.0 Å². The van der Waals surface area contributed by atoms with E-state index in [1.165, 1.54) is 17.9 Å². The van der Waals surface area contributed by atoms with Crippen LogP contribution in [0.3, 0.4) is 0 Å². The molecule has 0 saturated carbocycles. The van der Waals surface area contributed by atoms with E-state index in [9.17, 15) is 18.0 Å². The Bertz CT molecular complexity index is 1940. The van der Waals surface area contributed by atoms with Crippen molar-refractivity contribution in [3.8, 4) is 22.9 Å². The van der Waals surface area contributed by atoms with Crippen LogP contribution in [0.5, 0.6) is 0 Å². The molecule has 1 aromatic carbocycles. The number of pyridine rings is 3. The minimum absolute atomic E-state index is 0.270. The number of amides is 1. The second-order valence-corrected chi connectivity index (χ2v) is 9.85. The molecule has 6 aromatic rings. The maximum atomic E-state index is 14.0. The second kappa shape index (κ2) is 11.9. The fraction of sp³-hybridized carbons (Fsp3) is 0.167. The SMILES string of the molecule is CNC(=O)c1ccc(C(F)F)nc1.Nc1ncccc1-c1nc2ccc(-n3nccn3)nc2n1-c1ccc2c(c1)CC(F)C2. The molecule has 7 rings (SSSR count). The highest BCUT2D eigenvalue weighted by Gasteiger charge is 2.24. The summed E-state index contributed by atoms with van der Waals surface area (Å²) in [6.45, 7) is 0. The van der Waals surface area contributed by atoms with Gasteiger partial charge in [0, 0.05) is 38.0 Å². The van der Waals surface area contributed by atoms with Gasteiger partial charge in [0.25, 0.3) is 12.3 Å². The maximum absolute atomic E-state index is 14.0. The summed E-state index contributed by atoms with van der Waals surface area (Å²) in [6, 6.07) is 15.8. The first-order valence-electron chi connectivity index (χ1n) is 13.5. The molecule has 0 saturated heterocycles. The molecule has 3 N–H and O–H groups in total. The van der Waals surface area contributed by atoms with Crippen LogP contribution >= 0.6 is 0 Å². The number of hydrogen-bond acceptors (Lipinski definition) is 8. The first-order chi connectivity index (χ1) is 21.3. The Balaban J connectivity index is 0.000000223. The third-order valence-electron chi connectivity index (χ3n) is 7.02. The van der Waals surface area contributed by atoms with Crippen LogP contribution in [0.25, 0.3) is 34.1 Å². The molecule has 0 radical (unpaired) electrons. The van der Waals surface area contributed by atoms with Gasteiger partial charge in [0.1, 0.15) is 23.2 Å². The van der Waals surface area contributed by atoms with E-state index in [2.05, 4.69) is 25.5 Å². The maximum Gasteiger partial charge on any atom is 0.280 e. The summed E-state index contributed by atoms with van der Waals surface area (Å²) in [5.41, 5.74) is 11.0. The van der Waals surface area contributed by atoms with Gasteiger partial charge in [-0.1, -0.05) is 6.07 Å². The number of nitrogen functional groups attached to an aromatic ring is 1. The van der Waals surface area contributed by atoms with E-state index in [0.717, 1.165) is 29.1 Å². The number of hydrogen-bond donors (Lipinski definition) is 2. The van der Waals surface area contributed by atoms with Crippen molar-refractivity contribution >= 4 is 22.9 Å². The smallest absolute Gasteiger partial charge is 0.280 e. The summed E-state index contributed by atoms with van der Waals surface area (Å²) in [5, 5.41) is 10.7. The quantitative estimate of drug-likeness (QED) is 0.296. The van der Waals surface area contributed by atoms with Crippen LogP contribution in [-0.4, -0.2) is 58.6 Å². The fourth-order valence-corrected chi connectivity index (χ4v) is 4.93. The molecule has 11 nitrogen and oxygen atoms in total. The summed E-state index contributed by atoms with van der Waals surface area (Å²) in [7, 11) is 1.46. The van der Waals surface area contributed by atoms with Gasteiger partial charge in [0.2, 0.25) is 0 Å². The van der Waals surface area contributed by atoms with E-state index < -0.39 is 12.6 Å². The van der Waals surface area contributed by atoms with Crippen molar-refractivity contribution in [1.82, 2.24) is 44.8 Å². The number of carbonyl (C=O) groups excluding carboxylic acids is 1. The van der Waals surface area contributed by atoms with Gasteiger partial charge < -0.3 is 11.1 Å². The van der Waals surface area contributed by atoms with Gasteiger partial charge in [-0.05, 0) is 59.7 Å². The van der Waals surface area contributed by atoms with Crippen molar-refractivity contribution < 1.29 is 18.0 Å². The number of rotatable bonds is 5. The van der Waals surface area contributed by atoms with Crippen molar-refractivity contribution in [2.75, 3.05) is 12.8 Å². The molecule has 0 fully saturated rings. The predicted octanol–water partition coefficient (Wildman–Crippen LogP) is 4.46. The Kier molecular flexibility index (Phi) is 7.70. The van der Waals surface area contributed by atoms with E-state index in [1.54, 1.807) is 18.6 Å². The molecule has 1 atom stereocenters. The summed E-state index contributed by atoms with van der Waals surface area (Å²) >= 11 is 0. The Morgan fingerprint density at radius 2 is 1.77 bits per heavy atom. The minimum atomic E-state index is -2.60. The van der Waals surface area contributed by atoms with Crippen molar-refractivity contribution in [2.45, 2.75) is 25.4 Å². The number of nitrogens with zero attached hydrogens (tertiary/aromatic N) is 8. The lowest BCUT2D eigenvalue weighted by Gasteiger charge is -2.12. The molecule has 5 aromatic heterocycles. The molecule has 14 heteroatoms. The van der Waals surface area contributed by atoms with Crippen LogP contribution in [0.4, 0.5) is 19.0 Å². The molecule has 0 spiro atoms. The summed E-state index contributed by atoms with van der Waals surface area (Å²) in [5.74, 6) is 1.22. The van der Waals surface area contributed by atoms with E-state index >= 15 is 0 Å². The second-order valence-electron chi connectivity index (χ2n) is 9.85. The van der Waals surface area contributed by atoms with Crippen LogP contribution in [0.2, 0.25) is 0 Å². The Morgan fingerprint density at radius 1 is 0.977 bits per heavy atom. The standard InChI is InChI=1S/C22H17FN8.C8H8F2N2O/c23-15-10-13-3-4-16(12-14(13)11-15)30-21(17-2-1-7-25-20(17)24)28-18-5-6-19(29-22(18)30)31-26-8-9-27-31;1-11-8(13)5-2-3-6(7(9)10)12-4-5/h1-9,12,15H,10-11H2,(H2,24,25);2-4,7H,1H3,(H,11,13). The monoisotopic (exact) mass is 598 g/mol. The molecule has 0 aliphatic heterocycles. The zero-order chi connectivity index (χ0) is 30.8. The third kappa shape index (κ3) is 5.56. The molecule has 0 bridgehead atoms. The number of aromatic nitrogens is 8. The number of anilines is 1. The van der Waals surface area contributed by atoms with E-state index in [-0.39, 0.29) is 17.2 Å². The molecule has 222 valence electrons. The highest BCUT2D eigenvalue weighted by atomic mass is 19.3. The highest BCUT2D eigenvalue weighted by molar-refractivity contribution is 5.93. The molecule has 5 heterocycles. The van der Waals surface area contributed by atoms with Gasteiger partial charge in [-0.15, -0.1) is 4.80 Å². The number of nitrogens with two attached hydrogens (primary N) is 1. The predicted molar refractivity (Wildman–Crippen MR) is 156 cm³/mol. The molecule has 44 heavy (non-hydrogen) atoms. The molecule has 1 aliphatic rings. The molecule has 1 unspecified atom stereocenters. The van der Waals surface area contributed by atoms with Crippen LogP contribution < -0.4 is 11.1 Å². The average molecular weight is 599 g/mol. The zero-order valence-electron chi connectivity index (χ0n) is 23.3. The first-order valence-corrected chi connectivity index (χ1v) is 13.5. The number of alkyl halides is 3. The molecular weight excluding hydrogens is 573 g/mol. The number of fused-ring (bicyclic) bond motifs is 2. The largest absolute Gasteiger partial charge is 0.383 e. The van der Waals surface area contributed by atoms with Gasteiger partial charge >= 0.3 is 0 Å². The number of halogens is 3. The molecule has 1 amide bonds. The van der Waals surface area contributed by atoms with Crippen LogP contribution in [-0.2, 0) is 12.8 Å². The molecule has 1 aliphatic carbocycles. The minimum Gasteiger partial charge on any atom is -0.383 e. The number of nitrogens with one attached hydrogen (secondary N) is 1. The van der Waals surface area contributed by atoms with Crippen LogP contribution in [0.15, 0.2) is 79.4 Å². The van der Waals surface area contributed by atoms with Gasteiger partial charge in [-0.25, -0.2) is 28.1 Å². The normalized spacial score (nSPS) is 13.9. The van der Waals surface area contributed by atoms with Gasteiger partial charge in [0.05, 0.1) is 23.5 Å². The van der Waals surface area contributed by atoms with Crippen molar-refractivity contribution in [3.63, 3.8) is 0 Å². The lowest BCUT2D eigenvalue weighted by molar-refractivity contribution is 0.0961.